The number of pyridine rings is 2. The maximum Gasteiger partial charge on any atom is 0.0897 e. The monoisotopic (exact) mass is 1920 g/mol. The van der Waals surface area contributed by atoms with Crippen LogP contribution in [0.25, 0.3) is 232 Å². The molecule has 714 valence electrons. The van der Waals surface area contributed by atoms with E-state index in [0.29, 0.717) is 0 Å². The van der Waals surface area contributed by atoms with Crippen molar-refractivity contribution in [2.45, 2.75) is 116 Å². The van der Waals surface area contributed by atoms with Crippen molar-refractivity contribution < 1.29 is 0 Å². The summed E-state index contributed by atoms with van der Waals surface area (Å²) in [4.78, 5) is 18.3. The van der Waals surface area contributed by atoms with Gasteiger partial charge in [0.2, 0.25) is 0 Å². The van der Waals surface area contributed by atoms with Gasteiger partial charge in [0.1, 0.15) is 0 Å². The van der Waals surface area contributed by atoms with Crippen LogP contribution in [0.15, 0.2) is 450 Å². The van der Waals surface area contributed by atoms with Crippen LogP contribution in [0.5, 0.6) is 0 Å². The molecule has 0 bridgehead atoms. The number of benzene rings is 21. The van der Waals surface area contributed by atoms with E-state index in [0.717, 1.165) is 16.8 Å². The molecule has 4 nitrogen and oxygen atoms in total. The first kappa shape index (κ1) is 90.1. The summed E-state index contributed by atoms with van der Waals surface area (Å²) >= 11 is 0. The quantitative estimate of drug-likeness (QED) is 0.135. The Labute approximate surface area is 877 Å². The number of rotatable bonds is 9. The number of hydrogen-bond donors (Lipinski definition) is 0. The topological polar surface area (TPSA) is 51.6 Å². The van der Waals surface area contributed by atoms with Crippen LogP contribution in [-0.2, 0) is 32.5 Å². The van der Waals surface area contributed by atoms with Crippen LogP contribution in [0.2, 0.25) is 0 Å². The van der Waals surface area contributed by atoms with E-state index in [2.05, 4.69) is 498 Å². The van der Waals surface area contributed by atoms with Crippen LogP contribution < -0.4 is 0 Å². The highest BCUT2D eigenvalue weighted by atomic mass is 14.8. The molecule has 6 aliphatic rings. The Morgan fingerprint density at radius 3 is 0.647 bits per heavy atom. The fourth-order valence-corrected chi connectivity index (χ4v) is 27.6. The highest BCUT2D eigenvalue weighted by Gasteiger charge is 2.43. The van der Waals surface area contributed by atoms with Gasteiger partial charge in [-0.3, -0.25) is 19.9 Å². The second kappa shape index (κ2) is 33.5. The third-order valence-corrected chi connectivity index (χ3v) is 35.2. The highest BCUT2D eigenvalue weighted by molar-refractivity contribution is 6.25. The molecule has 0 saturated carbocycles. The first-order valence-electron chi connectivity index (χ1n) is 53.0. The first-order chi connectivity index (χ1) is 73.0. The first-order valence-corrected chi connectivity index (χ1v) is 53.0. The average Bonchev–Trinajstić information content (AvgIpc) is 1.22. The molecule has 0 aliphatic heterocycles. The van der Waals surface area contributed by atoms with E-state index < -0.39 is 0 Å². The van der Waals surface area contributed by atoms with Crippen molar-refractivity contribution in [1.29, 1.82) is 0 Å². The van der Waals surface area contributed by atoms with Crippen LogP contribution >= 0.6 is 0 Å². The van der Waals surface area contributed by atoms with Crippen molar-refractivity contribution >= 4 is 64.6 Å². The third kappa shape index (κ3) is 13.5. The van der Waals surface area contributed by atoms with Crippen molar-refractivity contribution in [1.82, 2.24) is 19.9 Å². The molecule has 0 spiro atoms. The summed E-state index contributed by atoms with van der Waals surface area (Å²) in [7, 11) is 0. The summed E-state index contributed by atoms with van der Waals surface area (Å²) in [5.74, 6) is 0. The van der Waals surface area contributed by atoms with Crippen molar-refractivity contribution in [2.75, 3.05) is 0 Å². The standard InChI is InChI=1S/2C49H37N.C48H36N2/c1-48(2)42-17-9-7-13-34(42)36-22-19-31(27-44(36)48)30-20-24-40-41(26-30)46(38-15-5-6-16-39(38)47(40)33-12-11-25-50-29-33)32-21-23-37-35-14-8-10-18-43(35)49(3,4)45(37)28-32;1-48(2)42-15-9-7-11-34(42)36-20-17-32(28-44(36)48)31-18-22-40-41(27-31)47(39-14-6-5-13-38(39)46(40)30-23-25-50-26-24-30)33-19-21-37-35-12-8-10-16-43(35)49(3,4)45(37)29-33;1-47(2)40-15-9-7-11-32(40)34-20-17-30(26-42(34)47)29-18-22-38-39(25-29)45(36-13-5-6-14-37(36)46(38)44-28-49-23-24-50-44)31-19-21-35-33-12-8-10-16-41(33)48(3,4)43(35)27-31/h2*5-29H,1-4H3;5-28H,1-4H3. The minimum atomic E-state index is -0.0902. The average molecular weight is 1920 g/mol. The minimum absolute atomic E-state index is 0.0521. The zero-order valence-electron chi connectivity index (χ0n) is 86.5. The van der Waals surface area contributed by atoms with Gasteiger partial charge in [-0.05, 0) is 354 Å². The van der Waals surface area contributed by atoms with E-state index in [1.165, 1.54) is 282 Å². The number of hydrogen-bond acceptors (Lipinski definition) is 4. The molecule has 24 aromatic rings. The Hall–Kier alpha value is -17.4. The van der Waals surface area contributed by atoms with Gasteiger partial charge in [0, 0.05) is 80.8 Å². The molecule has 0 saturated heterocycles. The highest BCUT2D eigenvalue weighted by Crippen LogP contribution is 2.60. The second-order valence-electron chi connectivity index (χ2n) is 45.3. The molecular formula is C146H110N4. The molecule has 30 rings (SSSR count). The van der Waals surface area contributed by atoms with Crippen LogP contribution in [0, 0.1) is 0 Å². The predicted octanol–water partition coefficient (Wildman–Crippen LogP) is 38.4. The second-order valence-corrected chi connectivity index (χ2v) is 45.3. The summed E-state index contributed by atoms with van der Waals surface area (Å²) in [5.41, 5.74) is 54.3. The molecule has 3 aromatic heterocycles. The molecule has 0 amide bonds. The lowest BCUT2D eigenvalue weighted by molar-refractivity contribution is 0.660. The van der Waals surface area contributed by atoms with Gasteiger partial charge in [-0.1, -0.05) is 417 Å². The van der Waals surface area contributed by atoms with E-state index in [4.69, 9.17) is 4.98 Å². The molecule has 0 radical (unpaired) electrons. The summed E-state index contributed by atoms with van der Waals surface area (Å²) < 4.78 is 0. The number of aromatic nitrogens is 4. The van der Waals surface area contributed by atoms with E-state index >= 15 is 0 Å². The van der Waals surface area contributed by atoms with Crippen molar-refractivity contribution in [3.8, 4) is 167 Å². The normalized spacial score (nSPS) is 14.7. The van der Waals surface area contributed by atoms with Gasteiger partial charge in [0.05, 0.1) is 11.9 Å². The van der Waals surface area contributed by atoms with E-state index in [1.54, 1.807) is 12.4 Å². The summed E-state index contributed by atoms with van der Waals surface area (Å²) in [6.45, 7) is 28.4. The fourth-order valence-electron chi connectivity index (χ4n) is 27.6. The van der Waals surface area contributed by atoms with Gasteiger partial charge in [0.25, 0.3) is 0 Å². The number of fused-ring (bicyclic) bond motifs is 24. The van der Waals surface area contributed by atoms with Crippen LogP contribution in [-0.4, -0.2) is 19.9 Å². The minimum Gasteiger partial charge on any atom is -0.265 e. The fraction of sp³-hybridized carbons (Fsp3) is 0.123. The van der Waals surface area contributed by atoms with Gasteiger partial charge in [-0.15, -0.1) is 0 Å². The molecular weight excluding hydrogens is 1810 g/mol. The van der Waals surface area contributed by atoms with Crippen LogP contribution in [0.4, 0.5) is 0 Å². The Kier molecular flexibility index (Phi) is 20.2. The maximum atomic E-state index is 4.83. The van der Waals surface area contributed by atoms with E-state index in [9.17, 15) is 0 Å². The third-order valence-electron chi connectivity index (χ3n) is 35.2. The Balaban J connectivity index is 0.000000108. The van der Waals surface area contributed by atoms with Gasteiger partial charge in [-0.2, -0.15) is 0 Å². The number of nitrogens with zero attached hydrogens (tertiary/aromatic N) is 4. The lowest BCUT2D eigenvalue weighted by Crippen LogP contribution is -2.15. The maximum absolute atomic E-state index is 4.83. The smallest absolute Gasteiger partial charge is 0.0897 e. The van der Waals surface area contributed by atoms with E-state index in [1.807, 2.05) is 37.1 Å². The van der Waals surface area contributed by atoms with Crippen molar-refractivity contribution in [3.05, 3.63) is 517 Å². The lowest BCUT2D eigenvalue weighted by atomic mass is 9.80. The lowest BCUT2D eigenvalue weighted by Gasteiger charge is -2.23. The van der Waals surface area contributed by atoms with Gasteiger partial charge >= 0.3 is 0 Å². The zero-order valence-corrected chi connectivity index (χ0v) is 86.5. The molecule has 0 N–H and O–H groups in total. The van der Waals surface area contributed by atoms with Crippen molar-refractivity contribution in [3.63, 3.8) is 0 Å². The summed E-state index contributed by atoms with van der Waals surface area (Å²) in [5, 5.41) is 14.9. The molecule has 0 fully saturated rings. The Morgan fingerprint density at radius 1 is 0.133 bits per heavy atom. The Bertz CT molecular complexity index is 8980. The largest absolute Gasteiger partial charge is 0.265 e. The molecule has 0 unspecified atom stereocenters. The van der Waals surface area contributed by atoms with Crippen molar-refractivity contribution in [2.24, 2.45) is 0 Å². The molecule has 0 atom stereocenters. The summed E-state index contributed by atoms with van der Waals surface area (Å²) in [6.07, 6.45) is 13.1. The van der Waals surface area contributed by atoms with E-state index in [-0.39, 0.29) is 32.5 Å². The Morgan fingerprint density at radius 2 is 0.360 bits per heavy atom. The van der Waals surface area contributed by atoms with Crippen LogP contribution in [0.1, 0.15) is 150 Å². The SMILES string of the molecule is CC1(C)c2ccccc2-c2ccc(-c3ccc4c(-c5cccnc5)c5ccccc5c(-c5ccc6c(c5)C(C)(C)c5ccccc5-6)c4c3)cc21.CC1(C)c2ccccc2-c2ccc(-c3ccc4c(-c5ccncc5)c5ccccc5c(-c5ccc6c(c5)C(C)(C)c5ccccc5-6)c4c3)cc21.CC1(C)c2ccccc2-c2ccc(-c3ccc4c(-c5cnccn5)c5ccccc5c(-c5ccc6c(c5)C(C)(C)c5ccccc5-6)c4c3)cc21. The molecule has 6 aliphatic carbocycles. The molecule has 21 aromatic carbocycles. The molecule has 150 heavy (non-hydrogen) atoms. The van der Waals surface area contributed by atoms with Gasteiger partial charge in [-0.25, -0.2) is 0 Å². The van der Waals surface area contributed by atoms with Gasteiger partial charge < -0.3 is 0 Å². The molecule has 4 heteroatoms. The predicted molar refractivity (Wildman–Crippen MR) is 630 cm³/mol. The van der Waals surface area contributed by atoms with Crippen LogP contribution in [0.3, 0.4) is 0 Å². The molecule has 3 heterocycles. The zero-order chi connectivity index (χ0) is 101. The van der Waals surface area contributed by atoms with Gasteiger partial charge in [0.15, 0.2) is 0 Å². The summed E-state index contributed by atoms with van der Waals surface area (Å²) in [6, 6.07) is 153.